The highest BCUT2D eigenvalue weighted by Crippen LogP contribution is 2.33. The Morgan fingerprint density at radius 1 is 1.09 bits per heavy atom. The maximum absolute atomic E-state index is 13.1. The molecule has 0 spiro atoms. The van der Waals surface area contributed by atoms with Crippen molar-refractivity contribution in [3.8, 4) is 0 Å². The van der Waals surface area contributed by atoms with Crippen molar-refractivity contribution in [1.82, 2.24) is 5.06 Å². The summed E-state index contributed by atoms with van der Waals surface area (Å²) in [5, 5.41) is -0.319. The van der Waals surface area contributed by atoms with Gasteiger partial charge in [0.25, 0.3) is 11.8 Å². The monoisotopic (exact) mass is 475 g/mol. The van der Waals surface area contributed by atoms with Crippen molar-refractivity contribution >= 4 is 26.6 Å². The van der Waals surface area contributed by atoms with E-state index in [2.05, 4.69) is 11.8 Å². The maximum Gasteiger partial charge on any atom is 0.544 e. The number of sulfone groups is 1. The summed E-state index contributed by atoms with van der Waals surface area (Å²) >= 11 is 0. The van der Waals surface area contributed by atoms with Gasteiger partial charge < -0.3 is 0 Å². The van der Waals surface area contributed by atoms with Crippen LogP contribution in [0.3, 0.4) is 0 Å². The molecular formula is C22H28F3NO5S. The first-order chi connectivity index (χ1) is 15.0. The van der Waals surface area contributed by atoms with E-state index in [1.165, 1.54) is 24.3 Å². The molecule has 0 aromatic heterocycles. The Morgan fingerprint density at radius 3 is 2.38 bits per heavy atom. The highest BCUT2D eigenvalue weighted by atomic mass is 32.2. The first-order valence-corrected chi connectivity index (χ1v) is 12.3. The lowest BCUT2D eigenvalue weighted by Crippen LogP contribution is -2.45. The Balaban J connectivity index is 2.33. The van der Waals surface area contributed by atoms with Gasteiger partial charge in [0.1, 0.15) is 0 Å². The second-order valence-electron chi connectivity index (χ2n) is 7.60. The number of allylic oxidation sites excluding steroid dienone is 1. The average molecular weight is 476 g/mol. The van der Waals surface area contributed by atoms with Gasteiger partial charge in [0.2, 0.25) is 0 Å². The zero-order valence-electron chi connectivity index (χ0n) is 18.2. The van der Waals surface area contributed by atoms with Gasteiger partial charge in [-0.05, 0) is 30.0 Å². The van der Waals surface area contributed by atoms with Gasteiger partial charge in [-0.1, -0.05) is 64.2 Å². The molecular weight excluding hydrogens is 447 g/mol. The molecule has 0 aliphatic carbocycles. The molecule has 1 aliphatic heterocycles. The number of carbonyl (C=O) groups is 2. The van der Waals surface area contributed by atoms with Crippen molar-refractivity contribution in [2.45, 2.75) is 71.6 Å². The molecule has 0 radical (unpaired) electrons. The van der Waals surface area contributed by atoms with Gasteiger partial charge in [-0.3, -0.25) is 9.59 Å². The molecule has 0 fully saturated rings. The minimum Gasteiger partial charge on any atom is -0.272 e. The topological polar surface area (TPSA) is 80.8 Å². The molecule has 0 bridgehead atoms. The predicted molar refractivity (Wildman–Crippen MR) is 114 cm³/mol. The highest BCUT2D eigenvalue weighted by molar-refractivity contribution is 8.00. The smallest absolute Gasteiger partial charge is 0.272 e. The first-order valence-electron chi connectivity index (χ1n) is 10.7. The number of hydroxylamine groups is 2. The molecule has 2 amide bonds. The van der Waals surface area contributed by atoms with Crippen LogP contribution in [-0.4, -0.2) is 37.4 Å². The predicted octanol–water partition coefficient (Wildman–Crippen LogP) is 5.19. The summed E-state index contributed by atoms with van der Waals surface area (Å²) in [6.07, 6.45) is 1.52. The Hall–Kier alpha value is -2.20. The third-order valence-electron chi connectivity index (χ3n) is 5.10. The maximum atomic E-state index is 13.1. The molecule has 1 aromatic carbocycles. The fraction of sp³-hybridized carbons (Fsp3) is 0.545. The van der Waals surface area contributed by atoms with E-state index in [4.69, 9.17) is 0 Å². The summed E-state index contributed by atoms with van der Waals surface area (Å²) in [6, 6.07) is 4.11. The highest BCUT2D eigenvalue weighted by Gasteiger charge is 2.42. The van der Waals surface area contributed by atoms with Crippen LogP contribution in [0.25, 0.3) is 4.91 Å². The number of halogens is 3. The second kappa shape index (κ2) is 11.1. The average Bonchev–Trinajstić information content (AvgIpc) is 2.71. The Labute approximate surface area is 186 Å². The van der Waals surface area contributed by atoms with Crippen LogP contribution < -0.4 is 0 Å². The van der Waals surface area contributed by atoms with Crippen molar-refractivity contribution in [1.29, 1.82) is 0 Å². The van der Waals surface area contributed by atoms with Gasteiger partial charge in [0.15, 0.2) is 9.84 Å². The quantitative estimate of drug-likeness (QED) is 0.325. The Bertz CT molecular complexity index is 970. The Morgan fingerprint density at radius 2 is 1.75 bits per heavy atom. The molecule has 6 nitrogen and oxygen atoms in total. The first kappa shape index (κ1) is 26.1. The zero-order chi connectivity index (χ0) is 23.9. The second-order valence-corrected chi connectivity index (χ2v) is 9.68. The lowest BCUT2D eigenvalue weighted by Gasteiger charge is -2.27. The third-order valence-corrected chi connectivity index (χ3v) is 6.98. The lowest BCUT2D eigenvalue weighted by atomic mass is 9.94. The normalized spacial score (nSPS) is 15.3. The fourth-order valence-corrected chi connectivity index (χ4v) is 5.37. The number of fused-ring (bicyclic) bond motifs is 1. The summed E-state index contributed by atoms with van der Waals surface area (Å²) in [4.78, 5) is 28.3. The molecule has 1 aliphatic rings. The number of unbranched alkanes of at least 4 members (excludes halogenated alkanes) is 5. The number of nitrogens with zero attached hydrogens (tertiary/aromatic N) is 1. The molecule has 0 atom stereocenters. The zero-order valence-corrected chi connectivity index (χ0v) is 19.0. The van der Waals surface area contributed by atoms with Crippen LogP contribution in [0.1, 0.15) is 80.3 Å². The van der Waals surface area contributed by atoms with E-state index in [0.29, 0.717) is 12.8 Å². The molecule has 32 heavy (non-hydrogen) atoms. The molecule has 0 N–H and O–H groups in total. The summed E-state index contributed by atoms with van der Waals surface area (Å²) in [5.74, 6) is -2.57. The molecule has 0 saturated carbocycles. The van der Waals surface area contributed by atoms with Gasteiger partial charge in [-0.25, -0.2) is 8.42 Å². The molecule has 0 unspecified atom stereocenters. The number of alkyl halides is 3. The molecule has 2 rings (SSSR count). The van der Waals surface area contributed by atoms with Crippen LogP contribution >= 0.6 is 0 Å². The standard InChI is InChI=1S/C22H28F3NO5S/c1-3-5-6-7-8-9-14-32(29,30)19(11-4-2)16-12-10-13-17-18(16)15-20(27)26(21(17)28)31-22(23,24)25/h10-13H,3-9,14-15H2,1-2H3/b19-11+. The van der Waals surface area contributed by atoms with Crippen molar-refractivity contribution in [2.24, 2.45) is 0 Å². The van der Waals surface area contributed by atoms with Gasteiger partial charge >= 0.3 is 6.36 Å². The van der Waals surface area contributed by atoms with Gasteiger partial charge in [0.05, 0.1) is 17.1 Å². The van der Waals surface area contributed by atoms with Crippen molar-refractivity contribution in [3.63, 3.8) is 0 Å². The minimum atomic E-state index is -5.21. The van der Waals surface area contributed by atoms with Crippen LogP contribution in [0.4, 0.5) is 13.2 Å². The van der Waals surface area contributed by atoms with Crippen LogP contribution in [0.5, 0.6) is 0 Å². The summed E-state index contributed by atoms with van der Waals surface area (Å²) in [6.45, 7) is 3.85. The van der Waals surface area contributed by atoms with Crippen molar-refractivity contribution in [2.75, 3.05) is 5.75 Å². The van der Waals surface area contributed by atoms with E-state index in [1.807, 2.05) is 0 Å². The van der Waals surface area contributed by atoms with Crippen LogP contribution in [0.15, 0.2) is 24.3 Å². The third kappa shape index (κ3) is 6.65. The SMILES string of the molecule is CC/C=C(\c1cccc2c1CC(=O)N(OC(F)(F)F)C2=O)S(=O)(=O)CCCCCCCC. The van der Waals surface area contributed by atoms with E-state index >= 15 is 0 Å². The van der Waals surface area contributed by atoms with Gasteiger partial charge in [0, 0.05) is 5.56 Å². The van der Waals surface area contributed by atoms with Gasteiger partial charge in [-0.2, -0.15) is 4.84 Å². The molecule has 178 valence electrons. The van der Waals surface area contributed by atoms with Crippen LogP contribution in [0, 0.1) is 0 Å². The molecule has 1 heterocycles. The van der Waals surface area contributed by atoms with Crippen LogP contribution in [0.2, 0.25) is 0 Å². The van der Waals surface area contributed by atoms with Gasteiger partial charge in [-0.15, -0.1) is 18.2 Å². The number of hydrogen-bond donors (Lipinski definition) is 0. The number of rotatable bonds is 11. The van der Waals surface area contributed by atoms with Crippen LogP contribution in [-0.2, 0) is 25.9 Å². The minimum absolute atomic E-state index is 0.00352. The van der Waals surface area contributed by atoms with Crippen molar-refractivity contribution in [3.05, 3.63) is 41.0 Å². The molecule has 1 aromatic rings. The summed E-state index contributed by atoms with van der Waals surface area (Å²) in [5.41, 5.74) is 0.0718. The molecule has 10 heteroatoms. The fourth-order valence-electron chi connectivity index (χ4n) is 3.62. The molecule has 0 saturated heterocycles. The number of hydrogen-bond acceptors (Lipinski definition) is 5. The summed E-state index contributed by atoms with van der Waals surface area (Å²) < 4.78 is 63.9. The number of benzene rings is 1. The Kier molecular flexibility index (Phi) is 9.03. The van der Waals surface area contributed by atoms with E-state index in [-0.39, 0.29) is 32.4 Å². The number of amides is 2. The van der Waals surface area contributed by atoms with Crippen molar-refractivity contribution < 1.29 is 36.0 Å². The van der Waals surface area contributed by atoms with E-state index in [0.717, 1.165) is 32.1 Å². The number of carbonyl (C=O) groups excluding carboxylic acids is 2. The lowest BCUT2D eigenvalue weighted by molar-refractivity contribution is -0.388. The van der Waals surface area contributed by atoms with E-state index in [9.17, 15) is 31.2 Å². The largest absolute Gasteiger partial charge is 0.544 e. The van der Waals surface area contributed by atoms with E-state index < -0.39 is 34.4 Å². The van der Waals surface area contributed by atoms with E-state index in [1.54, 1.807) is 6.92 Å². The summed E-state index contributed by atoms with van der Waals surface area (Å²) in [7, 11) is -3.73. The number of imide groups is 1.